The van der Waals surface area contributed by atoms with E-state index in [1.54, 1.807) is 32.9 Å². The molecule has 0 spiro atoms. The van der Waals surface area contributed by atoms with E-state index in [4.69, 9.17) is 28.4 Å². The third kappa shape index (κ3) is 8.90. The minimum Gasteiger partial charge on any atom is -0.493 e. The number of benzene rings is 1. The van der Waals surface area contributed by atoms with E-state index in [0.717, 1.165) is 5.56 Å². The van der Waals surface area contributed by atoms with Crippen LogP contribution in [0.5, 0.6) is 11.5 Å². The van der Waals surface area contributed by atoms with Gasteiger partial charge in [0.05, 0.1) is 19.6 Å². The third-order valence-corrected chi connectivity index (χ3v) is 6.41. The Labute approximate surface area is 249 Å². The number of methoxy groups -OCH3 is 1. The third-order valence-electron chi connectivity index (χ3n) is 6.41. The van der Waals surface area contributed by atoms with E-state index in [1.165, 1.54) is 26.3 Å². The first-order chi connectivity index (χ1) is 20.5. The Kier molecular flexibility index (Phi) is 11.8. The van der Waals surface area contributed by atoms with Gasteiger partial charge in [-0.15, -0.1) is 0 Å². The molecule has 13 heteroatoms. The topological polar surface area (TPSA) is 166 Å². The summed E-state index contributed by atoms with van der Waals surface area (Å²) >= 11 is 0. The van der Waals surface area contributed by atoms with E-state index in [1.807, 2.05) is 18.2 Å². The molecule has 1 aromatic carbocycles. The van der Waals surface area contributed by atoms with Gasteiger partial charge in [0.2, 0.25) is 0 Å². The fourth-order valence-corrected chi connectivity index (χ4v) is 4.20. The standard InChI is InChI=1S/C30H36N2O11/c1-6-39-23(33)16-40-26-22(38-5)12-13-31-24(26)27(34)32-21-15-41-29(36)20(14-19-10-8-7-9-11-19)25(18(4)42-30(21)37)43-28(35)17(2)3/h7-13,17-18,20-21,25H,6,14-16H2,1-5H3,(H,32,34)/t18-,20+,21-,25-/m0/s1. The molecule has 13 nitrogen and oxygen atoms in total. The molecular weight excluding hydrogens is 564 g/mol. The fraction of sp³-hybridized carbons (Fsp3) is 0.467. The summed E-state index contributed by atoms with van der Waals surface area (Å²) in [7, 11) is 1.33. The van der Waals surface area contributed by atoms with Crippen LogP contribution in [-0.2, 0) is 44.5 Å². The van der Waals surface area contributed by atoms with Gasteiger partial charge in [-0.05, 0) is 25.8 Å². The summed E-state index contributed by atoms with van der Waals surface area (Å²) in [6, 6.07) is 9.01. The summed E-state index contributed by atoms with van der Waals surface area (Å²) in [4.78, 5) is 68.4. The Morgan fingerprint density at radius 1 is 1.09 bits per heavy atom. The van der Waals surface area contributed by atoms with Crippen molar-refractivity contribution < 1.29 is 52.4 Å². The highest BCUT2D eigenvalue weighted by Gasteiger charge is 2.42. The quantitative estimate of drug-likeness (QED) is 0.295. The van der Waals surface area contributed by atoms with E-state index in [9.17, 15) is 24.0 Å². The molecule has 2 aromatic rings. The number of hydrogen-bond donors (Lipinski definition) is 1. The van der Waals surface area contributed by atoms with E-state index >= 15 is 0 Å². The number of aromatic nitrogens is 1. The fourth-order valence-electron chi connectivity index (χ4n) is 4.20. The Bertz CT molecular complexity index is 1300. The molecule has 2 heterocycles. The lowest BCUT2D eigenvalue weighted by Gasteiger charge is -2.29. The zero-order valence-corrected chi connectivity index (χ0v) is 24.7. The van der Waals surface area contributed by atoms with Gasteiger partial charge in [-0.2, -0.15) is 0 Å². The number of carbonyl (C=O) groups excluding carboxylic acids is 5. The second kappa shape index (κ2) is 15.5. The molecule has 0 aliphatic carbocycles. The monoisotopic (exact) mass is 600 g/mol. The summed E-state index contributed by atoms with van der Waals surface area (Å²) in [6.07, 6.45) is -0.823. The van der Waals surface area contributed by atoms with Crippen LogP contribution in [0.15, 0.2) is 42.6 Å². The van der Waals surface area contributed by atoms with Crippen LogP contribution in [0.2, 0.25) is 0 Å². The first-order valence-electron chi connectivity index (χ1n) is 13.8. The number of rotatable bonds is 11. The van der Waals surface area contributed by atoms with Gasteiger partial charge < -0.3 is 33.7 Å². The van der Waals surface area contributed by atoms with Gasteiger partial charge in [0.25, 0.3) is 5.91 Å². The van der Waals surface area contributed by atoms with Crippen molar-refractivity contribution in [2.24, 2.45) is 11.8 Å². The minimum atomic E-state index is -1.46. The highest BCUT2D eigenvalue weighted by molar-refractivity contribution is 5.98. The summed E-state index contributed by atoms with van der Waals surface area (Å²) in [5, 5.41) is 2.45. The first-order valence-corrected chi connectivity index (χ1v) is 13.8. The van der Waals surface area contributed by atoms with Crippen LogP contribution < -0.4 is 14.8 Å². The van der Waals surface area contributed by atoms with Crippen molar-refractivity contribution in [1.82, 2.24) is 10.3 Å². The smallest absolute Gasteiger partial charge is 0.344 e. The number of esters is 4. The SMILES string of the molecule is CCOC(=O)COc1c(OC)ccnc1C(=O)N[C@H]1COC(=O)[C@H](Cc2ccccc2)[C@@H](OC(=O)C(C)C)[C@H](C)OC1=O. The highest BCUT2D eigenvalue weighted by Crippen LogP contribution is 2.30. The van der Waals surface area contributed by atoms with Gasteiger partial charge in [0, 0.05) is 12.3 Å². The second-order valence-corrected chi connectivity index (χ2v) is 9.94. The highest BCUT2D eigenvalue weighted by atomic mass is 16.6. The number of ether oxygens (including phenoxy) is 6. The number of cyclic esters (lactones) is 2. The summed E-state index contributed by atoms with van der Waals surface area (Å²) in [6.45, 7) is 5.43. The van der Waals surface area contributed by atoms with E-state index < -0.39 is 73.1 Å². The molecular formula is C30H36N2O11. The lowest BCUT2D eigenvalue weighted by Crippen LogP contribution is -2.47. The molecule has 0 bridgehead atoms. The van der Waals surface area contributed by atoms with Crippen molar-refractivity contribution >= 4 is 29.8 Å². The van der Waals surface area contributed by atoms with Crippen LogP contribution in [-0.4, -0.2) is 79.9 Å². The average molecular weight is 601 g/mol. The molecule has 1 fully saturated rings. The van der Waals surface area contributed by atoms with Crippen molar-refractivity contribution in [1.29, 1.82) is 0 Å². The van der Waals surface area contributed by atoms with Gasteiger partial charge in [-0.3, -0.25) is 14.4 Å². The number of hydrogen-bond acceptors (Lipinski definition) is 12. The molecule has 1 aromatic heterocycles. The first kappa shape index (κ1) is 32.8. The van der Waals surface area contributed by atoms with Crippen LogP contribution in [0.1, 0.15) is 43.7 Å². The van der Waals surface area contributed by atoms with Crippen LogP contribution in [0, 0.1) is 11.8 Å². The van der Waals surface area contributed by atoms with E-state index in [-0.39, 0.29) is 30.2 Å². The van der Waals surface area contributed by atoms with E-state index in [2.05, 4.69) is 10.3 Å². The largest absolute Gasteiger partial charge is 0.493 e. The Morgan fingerprint density at radius 2 is 1.81 bits per heavy atom. The second-order valence-electron chi connectivity index (χ2n) is 9.94. The van der Waals surface area contributed by atoms with Crippen molar-refractivity contribution in [2.75, 3.05) is 26.9 Å². The normalized spacial score (nSPS) is 20.4. The zero-order valence-electron chi connectivity index (χ0n) is 24.7. The molecule has 0 radical (unpaired) electrons. The van der Waals surface area contributed by atoms with Gasteiger partial charge in [-0.25, -0.2) is 14.6 Å². The Morgan fingerprint density at radius 3 is 2.47 bits per heavy atom. The maximum Gasteiger partial charge on any atom is 0.344 e. The average Bonchev–Trinajstić information content (AvgIpc) is 3.02. The van der Waals surface area contributed by atoms with Gasteiger partial charge in [0.1, 0.15) is 18.6 Å². The summed E-state index contributed by atoms with van der Waals surface area (Å²) in [5.41, 5.74) is 0.471. The Hall–Kier alpha value is -4.68. The molecule has 1 amide bonds. The lowest BCUT2D eigenvalue weighted by molar-refractivity contribution is -0.176. The van der Waals surface area contributed by atoms with Crippen molar-refractivity contribution in [3.05, 3.63) is 53.9 Å². The van der Waals surface area contributed by atoms with Crippen LogP contribution in [0.3, 0.4) is 0 Å². The molecule has 0 saturated carbocycles. The maximum atomic E-state index is 13.4. The number of nitrogens with zero attached hydrogens (tertiary/aromatic N) is 1. The van der Waals surface area contributed by atoms with Crippen LogP contribution >= 0.6 is 0 Å². The molecule has 0 unspecified atom stereocenters. The molecule has 232 valence electrons. The van der Waals surface area contributed by atoms with Crippen LogP contribution in [0.25, 0.3) is 0 Å². The summed E-state index contributed by atoms with van der Waals surface area (Å²) in [5.74, 6) is -5.42. The van der Waals surface area contributed by atoms with Crippen molar-refractivity contribution in [3.8, 4) is 11.5 Å². The van der Waals surface area contributed by atoms with Crippen molar-refractivity contribution in [3.63, 3.8) is 0 Å². The molecule has 1 N–H and O–H groups in total. The molecule has 1 aliphatic heterocycles. The molecule has 1 aliphatic rings. The summed E-state index contributed by atoms with van der Waals surface area (Å²) < 4.78 is 32.3. The number of pyridine rings is 1. The van der Waals surface area contributed by atoms with E-state index in [0.29, 0.717) is 0 Å². The van der Waals surface area contributed by atoms with Crippen molar-refractivity contribution in [2.45, 2.75) is 52.4 Å². The zero-order chi connectivity index (χ0) is 31.5. The van der Waals surface area contributed by atoms with Gasteiger partial charge >= 0.3 is 23.9 Å². The maximum absolute atomic E-state index is 13.4. The predicted octanol–water partition coefficient (Wildman–Crippen LogP) is 2.05. The van der Waals surface area contributed by atoms with Gasteiger partial charge in [0.15, 0.2) is 35.9 Å². The molecule has 4 atom stereocenters. The number of carbonyl (C=O) groups is 5. The number of nitrogens with one attached hydrogen (secondary N) is 1. The van der Waals surface area contributed by atoms with Gasteiger partial charge in [-0.1, -0.05) is 44.2 Å². The number of amides is 1. The minimum absolute atomic E-state index is 0.0973. The predicted molar refractivity (Wildman–Crippen MR) is 149 cm³/mol. The molecule has 3 rings (SSSR count). The lowest BCUT2D eigenvalue weighted by atomic mass is 9.91. The molecule has 1 saturated heterocycles. The Balaban J connectivity index is 1.87. The molecule has 43 heavy (non-hydrogen) atoms. The van der Waals surface area contributed by atoms with Crippen LogP contribution in [0.4, 0.5) is 0 Å².